The maximum Gasteiger partial charge on any atom is 0.341 e. The average Bonchev–Trinajstić information content (AvgIpc) is 2.01. The second-order valence-corrected chi connectivity index (χ2v) is 2.54. The summed E-state index contributed by atoms with van der Waals surface area (Å²) in [7, 11) is 0. The van der Waals surface area contributed by atoms with Crippen LogP contribution in [0.15, 0.2) is 23.6 Å². The van der Waals surface area contributed by atoms with Gasteiger partial charge in [-0.1, -0.05) is 6.08 Å². The molecule has 12 heavy (non-hydrogen) atoms. The van der Waals surface area contributed by atoms with Crippen LogP contribution in [-0.2, 0) is 9.53 Å². The van der Waals surface area contributed by atoms with Crippen LogP contribution < -0.4 is 5.73 Å². The molecule has 0 aromatic rings. The lowest BCUT2D eigenvalue weighted by molar-refractivity contribution is -0.140. The highest BCUT2D eigenvalue weighted by molar-refractivity contribution is 5.68. The quantitative estimate of drug-likeness (QED) is 0.649. The molecule has 1 aliphatic rings. The Bertz CT molecular complexity index is 243. The van der Waals surface area contributed by atoms with Gasteiger partial charge in [0, 0.05) is 12.1 Å². The van der Waals surface area contributed by atoms with Crippen molar-refractivity contribution in [2.24, 2.45) is 5.73 Å². The summed E-state index contributed by atoms with van der Waals surface area (Å²) in [5, 5.41) is 8.31. The molecule has 0 radical (unpaired) electrons. The van der Waals surface area contributed by atoms with Gasteiger partial charge in [-0.2, -0.15) is 0 Å². The van der Waals surface area contributed by atoms with Crippen LogP contribution in [0.4, 0.5) is 0 Å². The van der Waals surface area contributed by atoms with Crippen molar-refractivity contribution in [3.05, 3.63) is 23.6 Å². The minimum Gasteiger partial charge on any atom is -0.486 e. The lowest BCUT2D eigenvalue weighted by Crippen LogP contribution is -2.09. The van der Waals surface area contributed by atoms with Gasteiger partial charge in [0.2, 0.25) is 0 Å². The third-order valence-electron chi connectivity index (χ3n) is 1.48. The highest BCUT2D eigenvalue weighted by atomic mass is 16.5. The Balaban J connectivity index is 2.42. The third-order valence-corrected chi connectivity index (χ3v) is 1.48. The van der Waals surface area contributed by atoms with Crippen molar-refractivity contribution in [1.29, 1.82) is 0 Å². The van der Waals surface area contributed by atoms with Crippen molar-refractivity contribution in [1.82, 2.24) is 0 Å². The predicted octanol–water partition coefficient (Wildman–Crippen LogP) is 0.608. The number of hydrogen-bond acceptors (Lipinski definition) is 3. The topological polar surface area (TPSA) is 72.5 Å². The molecule has 0 heterocycles. The lowest BCUT2D eigenvalue weighted by atomic mass is 10.1. The van der Waals surface area contributed by atoms with E-state index in [1.165, 1.54) is 0 Å². The van der Waals surface area contributed by atoms with Crippen molar-refractivity contribution in [2.75, 3.05) is 6.61 Å². The molecule has 0 bridgehead atoms. The average molecular weight is 169 g/mol. The Morgan fingerprint density at radius 1 is 1.75 bits per heavy atom. The summed E-state index contributed by atoms with van der Waals surface area (Å²) >= 11 is 0. The van der Waals surface area contributed by atoms with Crippen LogP contribution >= 0.6 is 0 Å². The molecule has 0 spiro atoms. The molecule has 0 amide bonds. The van der Waals surface area contributed by atoms with E-state index in [0.717, 1.165) is 12.8 Å². The van der Waals surface area contributed by atoms with E-state index in [1.807, 2.05) is 6.08 Å². The predicted molar refractivity (Wildman–Crippen MR) is 43.2 cm³/mol. The van der Waals surface area contributed by atoms with Crippen LogP contribution in [-0.4, -0.2) is 17.7 Å². The summed E-state index contributed by atoms with van der Waals surface area (Å²) < 4.78 is 4.96. The Kier molecular flexibility index (Phi) is 2.74. The SMILES string of the molecule is NC1=CCCC(OCC(=O)O)=C1. The van der Waals surface area contributed by atoms with Crippen molar-refractivity contribution < 1.29 is 14.6 Å². The van der Waals surface area contributed by atoms with Crippen molar-refractivity contribution >= 4 is 5.97 Å². The molecule has 0 saturated heterocycles. The van der Waals surface area contributed by atoms with E-state index in [0.29, 0.717) is 11.5 Å². The smallest absolute Gasteiger partial charge is 0.341 e. The standard InChI is InChI=1S/C8H11NO3/c9-6-2-1-3-7(4-6)12-5-8(10)11/h2,4H,1,3,5,9H2,(H,10,11). The molecule has 4 heteroatoms. The molecule has 0 fully saturated rings. The van der Waals surface area contributed by atoms with Gasteiger partial charge in [0.25, 0.3) is 0 Å². The van der Waals surface area contributed by atoms with Crippen molar-refractivity contribution in [3.8, 4) is 0 Å². The van der Waals surface area contributed by atoms with Crippen LogP contribution in [0, 0.1) is 0 Å². The molecule has 0 aromatic heterocycles. The molecule has 0 aliphatic heterocycles. The summed E-state index contributed by atoms with van der Waals surface area (Å²) in [6, 6.07) is 0. The van der Waals surface area contributed by atoms with Gasteiger partial charge in [0.05, 0.1) is 5.76 Å². The maximum atomic E-state index is 10.1. The maximum absolute atomic E-state index is 10.1. The molecule has 0 atom stereocenters. The van der Waals surface area contributed by atoms with Gasteiger partial charge in [0.1, 0.15) is 0 Å². The fourth-order valence-electron chi connectivity index (χ4n) is 0.966. The molecule has 0 aromatic carbocycles. The Labute approximate surface area is 70.3 Å². The largest absolute Gasteiger partial charge is 0.486 e. The second-order valence-electron chi connectivity index (χ2n) is 2.54. The monoisotopic (exact) mass is 169 g/mol. The minimum absolute atomic E-state index is 0.293. The minimum atomic E-state index is -0.968. The van der Waals surface area contributed by atoms with E-state index in [9.17, 15) is 4.79 Å². The van der Waals surface area contributed by atoms with Crippen LogP contribution in [0.5, 0.6) is 0 Å². The number of nitrogens with two attached hydrogens (primary N) is 1. The molecule has 4 nitrogen and oxygen atoms in total. The zero-order valence-electron chi connectivity index (χ0n) is 6.62. The Morgan fingerprint density at radius 3 is 3.08 bits per heavy atom. The number of hydrogen-bond donors (Lipinski definition) is 2. The first-order valence-corrected chi connectivity index (χ1v) is 3.69. The fraction of sp³-hybridized carbons (Fsp3) is 0.375. The van der Waals surface area contributed by atoms with E-state index in [4.69, 9.17) is 15.6 Å². The van der Waals surface area contributed by atoms with Crippen molar-refractivity contribution in [2.45, 2.75) is 12.8 Å². The highest BCUT2D eigenvalue weighted by Crippen LogP contribution is 2.14. The first-order chi connectivity index (χ1) is 5.68. The number of carboxylic acid groups (broad SMARTS) is 1. The van der Waals surface area contributed by atoms with E-state index >= 15 is 0 Å². The molecule has 1 rings (SSSR count). The van der Waals surface area contributed by atoms with Crippen molar-refractivity contribution in [3.63, 3.8) is 0 Å². The van der Waals surface area contributed by atoms with Gasteiger partial charge in [-0.25, -0.2) is 4.79 Å². The van der Waals surface area contributed by atoms with Crippen LogP contribution in [0.25, 0.3) is 0 Å². The number of ether oxygens (including phenoxy) is 1. The zero-order valence-corrected chi connectivity index (χ0v) is 6.62. The van der Waals surface area contributed by atoms with Crippen LogP contribution in [0.1, 0.15) is 12.8 Å². The first-order valence-electron chi connectivity index (χ1n) is 3.69. The molecule has 0 saturated carbocycles. The summed E-state index contributed by atoms with van der Waals surface area (Å²) in [6.45, 7) is -0.293. The molecule has 1 aliphatic carbocycles. The van der Waals surface area contributed by atoms with Crippen LogP contribution in [0.3, 0.4) is 0 Å². The van der Waals surface area contributed by atoms with E-state index in [-0.39, 0.29) is 6.61 Å². The third kappa shape index (κ3) is 2.65. The summed E-state index contributed by atoms with van der Waals surface area (Å²) in [5.41, 5.74) is 6.13. The van der Waals surface area contributed by atoms with Gasteiger partial charge >= 0.3 is 5.97 Å². The van der Waals surface area contributed by atoms with Gasteiger partial charge in [-0.05, 0) is 12.5 Å². The van der Waals surface area contributed by atoms with Gasteiger partial charge in [-0.15, -0.1) is 0 Å². The Hall–Kier alpha value is -1.45. The van der Waals surface area contributed by atoms with Gasteiger partial charge in [-0.3, -0.25) is 0 Å². The summed E-state index contributed by atoms with van der Waals surface area (Å²) in [4.78, 5) is 10.1. The fourth-order valence-corrected chi connectivity index (χ4v) is 0.966. The van der Waals surface area contributed by atoms with E-state index in [1.54, 1.807) is 6.08 Å². The number of carboxylic acids is 1. The normalized spacial score (nSPS) is 16.3. The van der Waals surface area contributed by atoms with E-state index < -0.39 is 5.97 Å². The molecule has 0 unspecified atom stereocenters. The second kappa shape index (κ2) is 3.80. The number of rotatable bonds is 3. The lowest BCUT2D eigenvalue weighted by Gasteiger charge is -2.11. The molecular weight excluding hydrogens is 158 g/mol. The summed E-state index contributed by atoms with van der Waals surface area (Å²) in [6.07, 6.45) is 5.09. The highest BCUT2D eigenvalue weighted by Gasteiger charge is 2.05. The molecule has 66 valence electrons. The number of allylic oxidation sites excluding steroid dienone is 3. The molecular formula is C8H11NO3. The van der Waals surface area contributed by atoms with Gasteiger partial charge in [0.15, 0.2) is 6.61 Å². The van der Waals surface area contributed by atoms with E-state index in [2.05, 4.69) is 0 Å². The Morgan fingerprint density at radius 2 is 2.50 bits per heavy atom. The number of aliphatic carboxylic acids is 1. The van der Waals surface area contributed by atoms with Gasteiger partial charge < -0.3 is 15.6 Å². The first kappa shape index (κ1) is 8.64. The van der Waals surface area contributed by atoms with Crippen LogP contribution in [0.2, 0.25) is 0 Å². The molecule has 3 N–H and O–H groups in total. The zero-order chi connectivity index (χ0) is 8.97. The number of carbonyl (C=O) groups is 1. The summed E-state index contributed by atoms with van der Waals surface area (Å²) in [5.74, 6) is -0.318.